The molecule has 3 rings (SSSR count). The molecule has 1 N–H and O–H groups in total. The number of fused-ring (bicyclic) bond motifs is 1. The Labute approximate surface area is 165 Å². The molecule has 1 amide bonds. The maximum atomic E-state index is 13.0. The summed E-state index contributed by atoms with van der Waals surface area (Å²) in [4.78, 5) is 27.4. The molecule has 0 bridgehead atoms. The average Bonchev–Trinajstić information content (AvgIpc) is 2.90. The lowest BCUT2D eigenvalue weighted by atomic mass is 9.87. The van der Waals surface area contributed by atoms with Gasteiger partial charge < -0.3 is 10.0 Å². The number of hydrogen-bond acceptors (Lipinski definition) is 4. The van der Waals surface area contributed by atoms with E-state index in [1.54, 1.807) is 36.4 Å². The molecule has 0 fully saturated rings. The minimum absolute atomic E-state index is 0.278. The molecule has 5 nitrogen and oxygen atoms in total. The Hall–Kier alpha value is -2.97. The summed E-state index contributed by atoms with van der Waals surface area (Å²) in [5, 5.41) is 20.0. The molecule has 1 heterocycles. The summed E-state index contributed by atoms with van der Waals surface area (Å²) in [6.07, 6.45) is 0.529. The van der Waals surface area contributed by atoms with E-state index in [-0.39, 0.29) is 12.2 Å². The van der Waals surface area contributed by atoms with Crippen LogP contribution < -0.4 is 4.90 Å². The largest absolute Gasteiger partial charge is 0.375 e. The van der Waals surface area contributed by atoms with Gasteiger partial charge in [-0.3, -0.25) is 9.59 Å². The molecule has 0 spiro atoms. The number of nitrogens with zero attached hydrogens (tertiary/aromatic N) is 2. The number of aliphatic hydroxyl groups is 1. The zero-order chi connectivity index (χ0) is 20.3. The molecule has 1 atom stereocenters. The molecule has 144 valence electrons. The highest BCUT2D eigenvalue weighted by Gasteiger charge is 2.50. The third-order valence-corrected chi connectivity index (χ3v) is 5.23. The molecule has 1 aliphatic heterocycles. The van der Waals surface area contributed by atoms with Crippen LogP contribution >= 0.6 is 0 Å². The molecule has 0 aliphatic carbocycles. The van der Waals surface area contributed by atoms with Crippen LogP contribution in [0.25, 0.3) is 0 Å². The van der Waals surface area contributed by atoms with E-state index in [2.05, 4.69) is 19.9 Å². The summed E-state index contributed by atoms with van der Waals surface area (Å²) >= 11 is 0. The van der Waals surface area contributed by atoms with Gasteiger partial charge in [-0.05, 0) is 24.0 Å². The van der Waals surface area contributed by atoms with E-state index >= 15 is 0 Å². The van der Waals surface area contributed by atoms with Crippen LogP contribution in [0.5, 0.6) is 0 Å². The summed E-state index contributed by atoms with van der Waals surface area (Å²) in [6, 6.07) is 16.4. The first-order valence-corrected chi connectivity index (χ1v) is 9.52. The standard InChI is InChI=1S/C23H24N2O3/c1-16(2)17-9-11-18(12-10-17)21(26)15-23(28)19-7-3-4-8-20(19)25(22(23)27)14-6-5-13-24/h3-4,7-12,16,28H,5-6,14-15H2,1-2H3/t23-/m1/s1. The predicted octanol–water partition coefficient (Wildman–Crippen LogP) is 3.92. The lowest BCUT2D eigenvalue weighted by Crippen LogP contribution is -2.42. The zero-order valence-corrected chi connectivity index (χ0v) is 16.2. The van der Waals surface area contributed by atoms with Crippen LogP contribution in [0.4, 0.5) is 5.69 Å². The highest BCUT2D eigenvalue weighted by atomic mass is 16.3. The highest BCUT2D eigenvalue weighted by Crippen LogP contribution is 2.43. The highest BCUT2D eigenvalue weighted by molar-refractivity contribution is 6.10. The van der Waals surface area contributed by atoms with Crippen molar-refractivity contribution < 1.29 is 14.7 Å². The van der Waals surface area contributed by atoms with Gasteiger partial charge in [0.2, 0.25) is 0 Å². The number of benzene rings is 2. The van der Waals surface area contributed by atoms with Crippen molar-refractivity contribution in [3.8, 4) is 6.07 Å². The number of unbranched alkanes of at least 4 members (excludes halogenated alkanes) is 1. The molecule has 0 saturated carbocycles. The van der Waals surface area contributed by atoms with E-state index in [1.165, 1.54) is 4.90 Å². The Morgan fingerprint density at radius 2 is 1.86 bits per heavy atom. The van der Waals surface area contributed by atoms with Gasteiger partial charge in [-0.15, -0.1) is 0 Å². The number of carbonyl (C=O) groups is 2. The molecule has 2 aromatic carbocycles. The molecular weight excluding hydrogens is 352 g/mol. The van der Waals surface area contributed by atoms with Gasteiger partial charge in [0.15, 0.2) is 11.4 Å². The Kier molecular flexibility index (Phi) is 5.62. The van der Waals surface area contributed by atoms with Crippen molar-refractivity contribution in [2.45, 2.75) is 44.6 Å². The topological polar surface area (TPSA) is 81.4 Å². The smallest absolute Gasteiger partial charge is 0.264 e. The number of anilines is 1. The second-order valence-corrected chi connectivity index (χ2v) is 7.47. The van der Waals surface area contributed by atoms with Gasteiger partial charge in [0, 0.05) is 24.1 Å². The number of carbonyl (C=O) groups excluding carboxylic acids is 2. The Morgan fingerprint density at radius 1 is 1.18 bits per heavy atom. The Balaban J connectivity index is 1.86. The Morgan fingerprint density at radius 3 is 2.50 bits per heavy atom. The first-order valence-electron chi connectivity index (χ1n) is 9.52. The molecule has 5 heteroatoms. The number of rotatable bonds is 7. The monoisotopic (exact) mass is 376 g/mol. The number of Topliss-reactive ketones (excluding diaryl/α,β-unsaturated/α-hetero) is 1. The third-order valence-electron chi connectivity index (χ3n) is 5.23. The molecule has 0 aromatic heterocycles. The summed E-state index contributed by atoms with van der Waals surface area (Å²) in [7, 11) is 0. The molecule has 1 aliphatic rings. The van der Waals surface area contributed by atoms with Crippen LogP contribution in [-0.2, 0) is 10.4 Å². The van der Waals surface area contributed by atoms with Crippen molar-refractivity contribution in [2.75, 3.05) is 11.4 Å². The van der Waals surface area contributed by atoms with Crippen LogP contribution in [-0.4, -0.2) is 23.3 Å². The van der Waals surface area contributed by atoms with Gasteiger partial charge in [0.25, 0.3) is 5.91 Å². The molecular formula is C23H24N2O3. The number of amides is 1. The molecule has 28 heavy (non-hydrogen) atoms. The van der Waals surface area contributed by atoms with Gasteiger partial charge in [-0.2, -0.15) is 5.26 Å². The summed E-state index contributed by atoms with van der Waals surface area (Å²) in [5.41, 5.74) is 0.782. The van der Waals surface area contributed by atoms with Crippen LogP contribution in [0.15, 0.2) is 48.5 Å². The number of ketones is 1. The second kappa shape index (κ2) is 7.95. The van der Waals surface area contributed by atoms with E-state index < -0.39 is 11.5 Å². The SMILES string of the molecule is CC(C)c1ccc(C(=O)C[C@]2(O)C(=O)N(CCCC#N)c3ccccc32)cc1. The third kappa shape index (κ3) is 3.56. The van der Waals surface area contributed by atoms with E-state index in [4.69, 9.17) is 5.26 Å². The van der Waals surface area contributed by atoms with Crippen molar-refractivity contribution in [3.05, 3.63) is 65.2 Å². The van der Waals surface area contributed by atoms with E-state index in [0.29, 0.717) is 42.1 Å². The fourth-order valence-corrected chi connectivity index (χ4v) is 3.60. The first kappa shape index (κ1) is 19.8. The minimum Gasteiger partial charge on any atom is -0.375 e. The summed E-state index contributed by atoms with van der Waals surface area (Å²) in [6.45, 7) is 4.49. The lowest BCUT2D eigenvalue weighted by molar-refractivity contribution is -0.135. The summed E-state index contributed by atoms with van der Waals surface area (Å²) < 4.78 is 0. The fraction of sp³-hybridized carbons (Fsp3) is 0.348. The van der Waals surface area contributed by atoms with Gasteiger partial charge in [-0.1, -0.05) is 56.3 Å². The van der Waals surface area contributed by atoms with Crippen molar-refractivity contribution in [2.24, 2.45) is 0 Å². The fourth-order valence-electron chi connectivity index (χ4n) is 3.60. The molecule has 2 aromatic rings. The van der Waals surface area contributed by atoms with Gasteiger partial charge >= 0.3 is 0 Å². The van der Waals surface area contributed by atoms with Crippen molar-refractivity contribution in [3.63, 3.8) is 0 Å². The summed E-state index contributed by atoms with van der Waals surface area (Å²) in [5.74, 6) is -0.419. The van der Waals surface area contributed by atoms with E-state index in [9.17, 15) is 14.7 Å². The van der Waals surface area contributed by atoms with E-state index in [0.717, 1.165) is 5.56 Å². The maximum Gasteiger partial charge on any atom is 0.264 e. The van der Waals surface area contributed by atoms with Crippen LogP contribution in [0, 0.1) is 11.3 Å². The van der Waals surface area contributed by atoms with E-state index in [1.807, 2.05) is 12.1 Å². The predicted molar refractivity (Wildman–Crippen MR) is 107 cm³/mol. The van der Waals surface area contributed by atoms with Crippen LogP contribution in [0.2, 0.25) is 0 Å². The van der Waals surface area contributed by atoms with Crippen molar-refractivity contribution >= 4 is 17.4 Å². The van der Waals surface area contributed by atoms with Crippen molar-refractivity contribution in [1.82, 2.24) is 0 Å². The van der Waals surface area contributed by atoms with Gasteiger partial charge in [-0.25, -0.2) is 0 Å². The molecule has 0 saturated heterocycles. The minimum atomic E-state index is -1.88. The Bertz CT molecular complexity index is 928. The number of hydrogen-bond donors (Lipinski definition) is 1. The van der Waals surface area contributed by atoms with Crippen LogP contribution in [0.3, 0.4) is 0 Å². The second-order valence-electron chi connectivity index (χ2n) is 7.47. The average molecular weight is 376 g/mol. The zero-order valence-electron chi connectivity index (χ0n) is 16.2. The molecule has 0 radical (unpaired) electrons. The quantitative estimate of drug-likeness (QED) is 0.586. The van der Waals surface area contributed by atoms with Gasteiger partial charge in [0.05, 0.1) is 18.2 Å². The van der Waals surface area contributed by atoms with Crippen LogP contribution in [0.1, 0.15) is 60.5 Å². The maximum absolute atomic E-state index is 13.0. The normalized spacial score (nSPS) is 18.2. The number of nitriles is 1. The molecule has 0 unspecified atom stereocenters. The van der Waals surface area contributed by atoms with Crippen molar-refractivity contribution in [1.29, 1.82) is 5.26 Å². The van der Waals surface area contributed by atoms with Gasteiger partial charge in [0.1, 0.15) is 0 Å². The first-order chi connectivity index (χ1) is 13.4. The lowest BCUT2D eigenvalue weighted by Gasteiger charge is -2.22. The number of para-hydroxylation sites is 1.